The lowest BCUT2D eigenvalue weighted by Crippen LogP contribution is -2.48. The fraction of sp³-hybridized carbons (Fsp3) is 0.375. The Labute approximate surface area is 123 Å². The number of morpholine rings is 1. The zero-order valence-corrected chi connectivity index (χ0v) is 11.9. The second-order valence-corrected chi connectivity index (χ2v) is 5.30. The SMILES string of the molecule is CC1CN(c2ccc(C#N)c3ncccc23)C[C@H](CO)O1. The van der Waals surface area contributed by atoms with Gasteiger partial charge in [0.1, 0.15) is 6.07 Å². The normalized spacial score (nSPS) is 22.2. The number of aliphatic hydroxyl groups excluding tert-OH is 1. The Hall–Kier alpha value is -2.16. The number of benzene rings is 1. The number of pyridine rings is 1. The highest BCUT2D eigenvalue weighted by atomic mass is 16.5. The third-order valence-electron chi connectivity index (χ3n) is 3.74. The lowest BCUT2D eigenvalue weighted by atomic mass is 10.1. The smallest absolute Gasteiger partial charge is 0.101 e. The largest absolute Gasteiger partial charge is 0.394 e. The van der Waals surface area contributed by atoms with Gasteiger partial charge in [-0.3, -0.25) is 4.98 Å². The number of hydrogen-bond donors (Lipinski definition) is 1. The van der Waals surface area contributed by atoms with Crippen molar-refractivity contribution in [3.63, 3.8) is 0 Å². The molecular formula is C16H17N3O2. The minimum absolute atomic E-state index is 0.00724. The van der Waals surface area contributed by atoms with E-state index in [1.165, 1.54) is 0 Å². The molecule has 1 aromatic heterocycles. The van der Waals surface area contributed by atoms with Crippen LogP contribution in [0.25, 0.3) is 10.9 Å². The summed E-state index contributed by atoms with van der Waals surface area (Å²) in [6, 6.07) is 9.79. The van der Waals surface area contributed by atoms with Gasteiger partial charge in [-0.1, -0.05) is 0 Å². The molecule has 1 unspecified atom stereocenters. The van der Waals surface area contributed by atoms with E-state index < -0.39 is 0 Å². The van der Waals surface area contributed by atoms with Gasteiger partial charge in [-0.25, -0.2) is 0 Å². The van der Waals surface area contributed by atoms with Crippen LogP contribution in [-0.2, 0) is 4.74 Å². The van der Waals surface area contributed by atoms with Crippen molar-refractivity contribution in [1.82, 2.24) is 4.98 Å². The van der Waals surface area contributed by atoms with E-state index in [0.717, 1.165) is 23.1 Å². The maximum atomic E-state index is 9.36. The van der Waals surface area contributed by atoms with Gasteiger partial charge in [0.25, 0.3) is 0 Å². The molecule has 0 amide bonds. The van der Waals surface area contributed by atoms with Gasteiger partial charge in [0.05, 0.1) is 29.9 Å². The summed E-state index contributed by atoms with van der Waals surface area (Å²) in [7, 11) is 0. The molecule has 1 aliphatic heterocycles. The van der Waals surface area contributed by atoms with E-state index in [1.807, 2.05) is 25.1 Å². The molecule has 5 heteroatoms. The van der Waals surface area contributed by atoms with Gasteiger partial charge in [0.2, 0.25) is 0 Å². The van der Waals surface area contributed by atoms with Crippen LogP contribution in [0.1, 0.15) is 12.5 Å². The van der Waals surface area contributed by atoms with Crippen molar-refractivity contribution in [3.05, 3.63) is 36.0 Å². The molecule has 1 aromatic carbocycles. The van der Waals surface area contributed by atoms with E-state index in [9.17, 15) is 10.4 Å². The molecule has 2 atom stereocenters. The van der Waals surface area contributed by atoms with Crippen LogP contribution in [-0.4, -0.2) is 42.0 Å². The van der Waals surface area contributed by atoms with Crippen LogP contribution in [0.4, 0.5) is 5.69 Å². The molecule has 0 spiro atoms. The Morgan fingerprint density at radius 3 is 3.05 bits per heavy atom. The van der Waals surface area contributed by atoms with Crippen molar-refractivity contribution in [3.8, 4) is 6.07 Å². The van der Waals surface area contributed by atoms with Gasteiger partial charge < -0.3 is 14.7 Å². The van der Waals surface area contributed by atoms with E-state index in [0.29, 0.717) is 12.1 Å². The topological polar surface area (TPSA) is 69.4 Å². The summed E-state index contributed by atoms with van der Waals surface area (Å²) in [5.74, 6) is 0. The maximum Gasteiger partial charge on any atom is 0.101 e. The predicted octanol–water partition coefficient (Wildman–Crippen LogP) is 1.69. The predicted molar refractivity (Wildman–Crippen MR) is 80.1 cm³/mol. The van der Waals surface area contributed by atoms with Gasteiger partial charge in [-0.15, -0.1) is 0 Å². The monoisotopic (exact) mass is 283 g/mol. The van der Waals surface area contributed by atoms with Crippen LogP contribution in [0.5, 0.6) is 0 Å². The molecule has 0 radical (unpaired) electrons. The third kappa shape index (κ3) is 2.56. The number of aromatic nitrogens is 1. The van der Waals surface area contributed by atoms with Gasteiger partial charge in [0.15, 0.2) is 0 Å². The minimum atomic E-state index is -0.184. The highest BCUT2D eigenvalue weighted by molar-refractivity contribution is 5.95. The quantitative estimate of drug-likeness (QED) is 0.908. The summed E-state index contributed by atoms with van der Waals surface area (Å²) in [5.41, 5.74) is 2.33. The summed E-state index contributed by atoms with van der Waals surface area (Å²) in [6.07, 6.45) is 1.57. The van der Waals surface area contributed by atoms with Crippen LogP contribution in [0.2, 0.25) is 0 Å². The summed E-state index contributed by atoms with van der Waals surface area (Å²) in [6.45, 7) is 3.40. The van der Waals surface area contributed by atoms with Crippen molar-refractivity contribution in [1.29, 1.82) is 5.26 Å². The van der Waals surface area contributed by atoms with Gasteiger partial charge in [-0.05, 0) is 31.2 Å². The van der Waals surface area contributed by atoms with E-state index in [1.54, 1.807) is 12.3 Å². The molecule has 3 rings (SSSR count). The van der Waals surface area contributed by atoms with E-state index in [-0.39, 0.29) is 18.8 Å². The summed E-state index contributed by atoms with van der Waals surface area (Å²) in [5, 5.41) is 19.5. The number of anilines is 1. The maximum absolute atomic E-state index is 9.36. The number of hydrogen-bond acceptors (Lipinski definition) is 5. The molecule has 108 valence electrons. The molecule has 2 heterocycles. The average Bonchev–Trinajstić information content (AvgIpc) is 2.53. The second-order valence-electron chi connectivity index (χ2n) is 5.30. The molecule has 1 saturated heterocycles. The standard InChI is InChI=1S/C16H17N3O2/c1-11-8-19(9-13(10-20)21-11)15-5-4-12(7-17)16-14(15)3-2-6-18-16/h2-6,11,13,20H,8-10H2,1H3/t11?,13-/m1/s1. The van der Waals surface area contributed by atoms with Crippen LogP contribution in [0.3, 0.4) is 0 Å². The number of ether oxygens (including phenoxy) is 1. The first kappa shape index (κ1) is 13.8. The fourth-order valence-electron chi connectivity index (χ4n) is 2.87. The zero-order chi connectivity index (χ0) is 14.8. The molecule has 1 fully saturated rings. The highest BCUT2D eigenvalue weighted by Crippen LogP contribution is 2.30. The average molecular weight is 283 g/mol. The first-order valence-corrected chi connectivity index (χ1v) is 7.02. The van der Waals surface area contributed by atoms with Gasteiger partial charge in [-0.2, -0.15) is 5.26 Å². The Kier molecular flexibility index (Phi) is 3.74. The number of nitriles is 1. The first-order chi connectivity index (χ1) is 10.2. The molecule has 2 aromatic rings. The molecule has 0 bridgehead atoms. The third-order valence-corrected chi connectivity index (χ3v) is 3.74. The lowest BCUT2D eigenvalue weighted by Gasteiger charge is -2.38. The minimum Gasteiger partial charge on any atom is -0.394 e. The van der Waals surface area contributed by atoms with Gasteiger partial charge in [0, 0.05) is 30.4 Å². The van der Waals surface area contributed by atoms with Crippen molar-refractivity contribution < 1.29 is 9.84 Å². The van der Waals surface area contributed by atoms with Crippen molar-refractivity contribution in [2.24, 2.45) is 0 Å². The van der Waals surface area contributed by atoms with Crippen LogP contribution in [0.15, 0.2) is 30.5 Å². The summed E-state index contributed by atoms with van der Waals surface area (Å²) >= 11 is 0. The van der Waals surface area contributed by atoms with E-state index in [2.05, 4.69) is 16.0 Å². The Bertz CT molecular complexity index is 695. The molecular weight excluding hydrogens is 266 g/mol. The molecule has 1 aliphatic rings. The molecule has 5 nitrogen and oxygen atoms in total. The molecule has 1 N–H and O–H groups in total. The van der Waals surface area contributed by atoms with Crippen molar-refractivity contribution in [2.45, 2.75) is 19.1 Å². The molecule has 0 aliphatic carbocycles. The fourth-order valence-corrected chi connectivity index (χ4v) is 2.87. The lowest BCUT2D eigenvalue weighted by molar-refractivity contribution is -0.0420. The van der Waals surface area contributed by atoms with E-state index in [4.69, 9.17) is 4.74 Å². The summed E-state index contributed by atoms with van der Waals surface area (Å²) < 4.78 is 5.68. The van der Waals surface area contributed by atoms with Crippen LogP contribution >= 0.6 is 0 Å². The highest BCUT2D eigenvalue weighted by Gasteiger charge is 2.26. The Morgan fingerprint density at radius 2 is 2.29 bits per heavy atom. The number of rotatable bonds is 2. The zero-order valence-electron chi connectivity index (χ0n) is 11.9. The Balaban J connectivity index is 2.07. The van der Waals surface area contributed by atoms with Gasteiger partial charge >= 0.3 is 0 Å². The number of aliphatic hydroxyl groups is 1. The Morgan fingerprint density at radius 1 is 1.43 bits per heavy atom. The van der Waals surface area contributed by atoms with Crippen LogP contribution < -0.4 is 4.90 Å². The van der Waals surface area contributed by atoms with Crippen molar-refractivity contribution in [2.75, 3.05) is 24.6 Å². The van der Waals surface area contributed by atoms with E-state index >= 15 is 0 Å². The molecule has 21 heavy (non-hydrogen) atoms. The number of nitrogens with zero attached hydrogens (tertiary/aromatic N) is 3. The van der Waals surface area contributed by atoms with Crippen LogP contribution in [0, 0.1) is 11.3 Å². The molecule has 0 saturated carbocycles. The second kappa shape index (κ2) is 5.68. The summed E-state index contributed by atoms with van der Waals surface area (Å²) in [4.78, 5) is 6.53. The number of fused-ring (bicyclic) bond motifs is 1. The van der Waals surface area contributed by atoms with Crippen molar-refractivity contribution >= 4 is 16.6 Å². The first-order valence-electron chi connectivity index (χ1n) is 7.02.